The summed E-state index contributed by atoms with van der Waals surface area (Å²) in [6.45, 7) is 2.05. The molecular formula is C16H19N5. The highest BCUT2D eigenvalue weighted by Gasteiger charge is 2.16. The number of nitrogens with two attached hydrogens (primary N) is 1. The van der Waals surface area contributed by atoms with Crippen LogP contribution >= 0.6 is 0 Å². The van der Waals surface area contributed by atoms with Crippen LogP contribution in [-0.2, 0) is 13.5 Å². The van der Waals surface area contributed by atoms with E-state index in [0.717, 1.165) is 22.6 Å². The van der Waals surface area contributed by atoms with Gasteiger partial charge in [-0.05, 0) is 36.8 Å². The molecule has 0 bridgehead atoms. The van der Waals surface area contributed by atoms with Gasteiger partial charge in [-0.25, -0.2) is 4.98 Å². The largest absolute Gasteiger partial charge is 0.331 e. The first-order valence-electron chi connectivity index (χ1n) is 6.98. The van der Waals surface area contributed by atoms with Gasteiger partial charge in [0.15, 0.2) is 0 Å². The van der Waals surface area contributed by atoms with Crippen molar-refractivity contribution in [2.24, 2.45) is 12.9 Å². The van der Waals surface area contributed by atoms with Gasteiger partial charge in [0.25, 0.3) is 0 Å². The van der Waals surface area contributed by atoms with Crippen LogP contribution in [0.1, 0.15) is 23.1 Å². The molecule has 0 aliphatic carbocycles. The van der Waals surface area contributed by atoms with Gasteiger partial charge >= 0.3 is 0 Å². The minimum absolute atomic E-state index is 0.0552. The van der Waals surface area contributed by atoms with Crippen molar-refractivity contribution in [2.45, 2.75) is 19.4 Å². The Bertz CT molecular complexity index is 762. The lowest BCUT2D eigenvalue weighted by molar-refractivity contribution is 0.519. The number of imidazole rings is 1. The van der Waals surface area contributed by atoms with Gasteiger partial charge in [0.2, 0.25) is 0 Å². The Balaban J connectivity index is 1.94. The van der Waals surface area contributed by atoms with Crippen LogP contribution in [0.15, 0.2) is 42.6 Å². The minimum atomic E-state index is -0.0552. The number of aryl methyl sites for hydroxylation is 2. The molecule has 2 aromatic heterocycles. The summed E-state index contributed by atoms with van der Waals surface area (Å²) in [5, 5.41) is 0. The van der Waals surface area contributed by atoms with E-state index in [2.05, 4.69) is 26.0 Å². The Hall–Kier alpha value is -2.24. The summed E-state index contributed by atoms with van der Waals surface area (Å²) in [6.07, 6.45) is 2.50. The van der Waals surface area contributed by atoms with Gasteiger partial charge in [0, 0.05) is 19.7 Å². The average molecular weight is 281 g/mol. The molecule has 2 heterocycles. The van der Waals surface area contributed by atoms with E-state index in [-0.39, 0.29) is 6.04 Å². The first-order chi connectivity index (χ1) is 10.2. The fourth-order valence-electron chi connectivity index (χ4n) is 2.56. The van der Waals surface area contributed by atoms with Crippen molar-refractivity contribution in [3.63, 3.8) is 0 Å². The average Bonchev–Trinajstić information content (AvgIpc) is 2.81. The van der Waals surface area contributed by atoms with Gasteiger partial charge in [0.1, 0.15) is 5.82 Å². The number of rotatable bonds is 4. The van der Waals surface area contributed by atoms with Crippen LogP contribution in [0.4, 0.5) is 0 Å². The van der Waals surface area contributed by atoms with E-state index in [0.29, 0.717) is 6.42 Å². The minimum Gasteiger partial charge on any atom is -0.331 e. The monoisotopic (exact) mass is 281 g/mol. The standard InChI is InChI=1S/C16H19N5/c1-11-7-8-18-13(9-11)14(20-17)10-16-19-12-5-3-4-6-15(12)21(16)2/h3-9,14,20H,10,17H2,1-2H3. The topological polar surface area (TPSA) is 68.8 Å². The maximum atomic E-state index is 5.72. The van der Waals surface area contributed by atoms with Gasteiger partial charge < -0.3 is 4.57 Å². The number of nitrogens with zero attached hydrogens (tertiary/aromatic N) is 3. The number of pyridine rings is 1. The lowest BCUT2D eigenvalue weighted by atomic mass is 10.1. The van der Waals surface area contributed by atoms with Crippen LogP contribution in [0.25, 0.3) is 11.0 Å². The molecule has 0 aliphatic rings. The maximum absolute atomic E-state index is 5.72. The van der Waals surface area contributed by atoms with E-state index < -0.39 is 0 Å². The molecule has 108 valence electrons. The number of aromatic nitrogens is 3. The summed E-state index contributed by atoms with van der Waals surface area (Å²) in [7, 11) is 2.03. The van der Waals surface area contributed by atoms with E-state index >= 15 is 0 Å². The molecule has 1 unspecified atom stereocenters. The normalized spacial score (nSPS) is 12.7. The third-order valence-electron chi connectivity index (χ3n) is 3.76. The Kier molecular flexibility index (Phi) is 3.68. The van der Waals surface area contributed by atoms with Crippen LogP contribution < -0.4 is 11.3 Å². The summed E-state index contributed by atoms with van der Waals surface area (Å²) < 4.78 is 2.11. The summed E-state index contributed by atoms with van der Waals surface area (Å²) in [6, 6.07) is 12.1. The van der Waals surface area contributed by atoms with Crippen molar-refractivity contribution in [2.75, 3.05) is 0 Å². The van der Waals surface area contributed by atoms with Gasteiger partial charge in [-0.2, -0.15) is 0 Å². The van der Waals surface area contributed by atoms with Crippen molar-refractivity contribution < 1.29 is 0 Å². The number of fused-ring (bicyclic) bond motifs is 1. The number of hydrogen-bond donors (Lipinski definition) is 2. The molecule has 0 aliphatic heterocycles. The molecule has 3 N–H and O–H groups in total. The lowest BCUT2D eigenvalue weighted by Crippen LogP contribution is -2.31. The second-order valence-corrected chi connectivity index (χ2v) is 5.26. The van der Waals surface area contributed by atoms with E-state index in [1.165, 1.54) is 5.56 Å². The zero-order chi connectivity index (χ0) is 14.8. The first-order valence-corrected chi connectivity index (χ1v) is 6.98. The van der Waals surface area contributed by atoms with Gasteiger partial charge in [-0.15, -0.1) is 0 Å². The maximum Gasteiger partial charge on any atom is 0.111 e. The van der Waals surface area contributed by atoms with E-state index in [9.17, 15) is 0 Å². The number of nitrogens with one attached hydrogen (secondary N) is 1. The third-order valence-corrected chi connectivity index (χ3v) is 3.76. The van der Waals surface area contributed by atoms with Gasteiger partial charge in [-0.1, -0.05) is 12.1 Å². The lowest BCUT2D eigenvalue weighted by Gasteiger charge is -2.15. The Morgan fingerprint density at radius 1 is 1.29 bits per heavy atom. The molecule has 5 nitrogen and oxygen atoms in total. The predicted octanol–water partition coefficient (Wildman–Crippen LogP) is 2.02. The quantitative estimate of drug-likeness (QED) is 0.567. The number of benzene rings is 1. The zero-order valence-electron chi connectivity index (χ0n) is 12.2. The molecule has 0 amide bonds. The van der Waals surface area contributed by atoms with Crippen LogP contribution in [0.2, 0.25) is 0 Å². The Morgan fingerprint density at radius 2 is 2.10 bits per heavy atom. The predicted molar refractivity (Wildman–Crippen MR) is 83.5 cm³/mol. The summed E-state index contributed by atoms with van der Waals surface area (Å²) in [4.78, 5) is 9.10. The summed E-state index contributed by atoms with van der Waals surface area (Å²) in [5.41, 5.74) is 7.08. The number of para-hydroxylation sites is 2. The molecule has 3 aromatic rings. The van der Waals surface area contributed by atoms with Crippen molar-refractivity contribution >= 4 is 11.0 Å². The highest BCUT2D eigenvalue weighted by atomic mass is 15.2. The molecule has 0 spiro atoms. The molecule has 5 heteroatoms. The van der Waals surface area contributed by atoms with Crippen LogP contribution in [0, 0.1) is 6.92 Å². The molecule has 1 atom stereocenters. The first kappa shape index (κ1) is 13.7. The van der Waals surface area contributed by atoms with Crippen molar-refractivity contribution in [3.05, 3.63) is 59.7 Å². The smallest absolute Gasteiger partial charge is 0.111 e. The molecule has 0 saturated carbocycles. The highest BCUT2D eigenvalue weighted by molar-refractivity contribution is 5.75. The van der Waals surface area contributed by atoms with E-state index in [1.807, 2.05) is 50.5 Å². The molecular weight excluding hydrogens is 262 g/mol. The van der Waals surface area contributed by atoms with Gasteiger partial charge in [-0.3, -0.25) is 16.3 Å². The number of hydrogen-bond acceptors (Lipinski definition) is 4. The number of hydrazine groups is 1. The zero-order valence-corrected chi connectivity index (χ0v) is 12.2. The molecule has 0 radical (unpaired) electrons. The second-order valence-electron chi connectivity index (χ2n) is 5.26. The van der Waals surface area contributed by atoms with E-state index in [4.69, 9.17) is 5.84 Å². The Morgan fingerprint density at radius 3 is 2.81 bits per heavy atom. The second kappa shape index (κ2) is 5.63. The van der Waals surface area contributed by atoms with Crippen LogP contribution in [-0.4, -0.2) is 14.5 Å². The highest BCUT2D eigenvalue weighted by Crippen LogP contribution is 2.20. The SMILES string of the molecule is Cc1ccnc(C(Cc2nc3ccccc3n2C)NN)c1. The summed E-state index contributed by atoms with van der Waals surface area (Å²) in [5.74, 6) is 6.71. The van der Waals surface area contributed by atoms with Crippen molar-refractivity contribution in [1.29, 1.82) is 0 Å². The van der Waals surface area contributed by atoms with Crippen LogP contribution in [0.5, 0.6) is 0 Å². The van der Waals surface area contributed by atoms with Crippen LogP contribution in [0.3, 0.4) is 0 Å². The van der Waals surface area contributed by atoms with Gasteiger partial charge in [0.05, 0.1) is 22.8 Å². The summed E-state index contributed by atoms with van der Waals surface area (Å²) >= 11 is 0. The molecule has 0 fully saturated rings. The molecule has 21 heavy (non-hydrogen) atoms. The fourth-order valence-corrected chi connectivity index (χ4v) is 2.56. The Labute approximate surface area is 123 Å². The van der Waals surface area contributed by atoms with Crippen molar-refractivity contribution in [1.82, 2.24) is 20.0 Å². The van der Waals surface area contributed by atoms with E-state index in [1.54, 1.807) is 0 Å². The molecule has 0 saturated heterocycles. The molecule has 3 rings (SSSR count). The molecule has 1 aromatic carbocycles. The van der Waals surface area contributed by atoms with Crippen molar-refractivity contribution in [3.8, 4) is 0 Å². The third kappa shape index (κ3) is 2.66. The fraction of sp³-hybridized carbons (Fsp3) is 0.250.